The monoisotopic (exact) mass is 377 g/mol. The highest BCUT2D eigenvalue weighted by molar-refractivity contribution is 7.99. The van der Waals surface area contributed by atoms with Crippen molar-refractivity contribution in [3.8, 4) is 11.4 Å². The zero-order valence-corrected chi connectivity index (χ0v) is 15.2. The van der Waals surface area contributed by atoms with Gasteiger partial charge in [-0.05, 0) is 6.92 Å². The van der Waals surface area contributed by atoms with E-state index in [2.05, 4.69) is 15.5 Å². The Hall–Kier alpha value is -2.88. The Kier molecular flexibility index (Phi) is 7.15. The Morgan fingerprint density at radius 2 is 1.92 bits per heavy atom. The van der Waals surface area contributed by atoms with Gasteiger partial charge in [-0.15, -0.1) is 10.2 Å². The number of thioether (sulfide) groups is 1. The highest BCUT2D eigenvalue weighted by Crippen LogP contribution is 2.23. The first-order valence-electron chi connectivity index (χ1n) is 7.83. The quantitative estimate of drug-likeness (QED) is 0.547. The minimum atomic E-state index is -0.703. The van der Waals surface area contributed by atoms with Crippen LogP contribution in [0.2, 0.25) is 0 Å². The number of aromatic nitrogens is 3. The molecule has 0 aliphatic rings. The molecule has 1 aromatic carbocycles. The van der Waals surface area contributed by atoms with Gasteiger partial charge in [-0.25, -0.2) is 4.79 Å². The van der Waals surface area contributed by atoms with Crippen LogP contribution in [-0.2, 0) is 20.9 Å². The maximum absolute atomic E-state index is 11.8. The molecular formula is C16H19N5O4S. The van der Waals surface area contributed by atoms with E-state index in [1.807, 2.05) is 47.1 Å². The Morgan fingerprint density at radius 3 is 2.58 bits per heavy atom. The molecule has 2 rings (SSSR count). The van der Waals surface area contributed by atoms with Crippen molar-refractivity contribution >= 4 is 29.7 Å². The summed E-state index contributed by atoms with van der Waals surface area (Å²) >= 11 is 1.17. The number of hydrogen-bond acceptors (Lipinski definition) is 7. The van der Waals surface area contributed by atoms with E-state index in [1.54, 1.807) is 0 Å². The molecule has 0 aliphatic heterocycles. The molecule has 26 heavy (non-hydrogen) atoms. The van der Waals surface area contributed by atoms with E-state index < -0.39 is 24.5 Å². The fourth-order valence-corrected chi connectivity index (χ4v) is 2.82. The summed E-state index contributed by atoms with van der Waals surface area (Å²) in [5.74, 6) is -0.603. The lowest BCUT2D eigenvalue weighted by Gasteiger charge is -2.07. The zero-order valence-electron chi connectivity index (χ0n) is 14.4. The van der Waals surface area contributed by atoms with Gasteiger partial charge in [-0.2, -0.15) is 0 Å². The molecule has 0 saturated heterocycles. The van der Waals surface area contributed by atoms with E-state index >= 15 is 0 Å². The Morgan fingerprint density at radius 1 is 1.19 bits per heavy atom. The van der Waals surface area contributed by atoms with Crippen molar-refractivity contribution in [3.63, 3.8) is 0 Å². The molecule has 0 bridgehead atoms. The molecule has 0 unspecified atom stereocenters. The first-order valence-corrected chi connectivity index (χ1v) is 8.82. The van der Waals surface area contributed by atoms with Crippen LogP contribution in [0.25, 0.3) is 11.4 Å². The summed E-state index contributed by atoms with van der Waals surface area (Å²) in [5, 5.41) is 13.1. The van der Waals surface area contributed by atoms with Crippen LogP contribution in [0, 0.1) is 0 Å². The van der Waals surface area contributed by atoms with E-state index in [9.17, 15) is 14.4 Å². The van der Waals surface area contributed by atoms with Crippen LogP contribution in [0.5, 0.6) is 0 Å². The summed E-state index contributed by atoms with van der Waals surface area (Å²) in [7, 11) is 1.37. The Labute approximate surface area is 154 Å². The van der Waals surface area contributed by atoms with Crippen molar-refractivity contribution in [1.29, 1.82) is 0 Å². The molecule has 0 fully saturated rings. The SMILES string of the molecule is CCn1c(SCC(=O)OCC(=O)NC(=O)NC)nnc1-c1ccccc1. The standard InChI is InChI=1S/C16H19N5O4S/c1-3-21-14(11-7-5-4-6-8-11)19-20-16(21)26-10-13(23)25-9-12(22)18-15(24)17-2/h4-8H,3,9-10H2,1-2H3,(H2,17,18,22,24). The van der Waals surface area contributed by atoms with Crippen molar-refractivity contribution in [2.24, 2.45) is 0 Å². The number of amides is 3. The molecule has 138 valence electrons. The van der Waals surface area contributed by atoms with Crippen LogP contribution in [0.4, 0.5) is 4.79 Å². The summed E-state index contributed by atoms with van der Waals surface area (Å²) in [4.78, 5) is 34.1. The molecule has 2 aromatic rings. The number of carbonyl (C=O) groups excluding carboxylic acids is 3. The summed E-state index contributed by atoms with van der Waals surface area (Å²) in [6.07, 6.45) is 0. The van der Waals surface area contributed by atoms with E-state index in [0.717, 1.165) is 5.56 Å². The van der Waals surface area contributed by atoms with Crippen molar-refractivity contribution in [3.05, 3.63) is 30.3 Å². The fourth-order valence-electron chi connectivity index (χ4n) is 2.02. The average molecular weight is 377 g/mol. The van der Waals surface area contributed by atoms with Gasteiger partial charge in [-0.3, -0.25) is 14.9 Å². The normalized spacial score (nSPS) is 10.2. The van der Waals surface area contributed by atoms with Gasteiger partial charge in [0, 0.05) is 19.2 Å². The first kappa shape index (κ1) is 19.4. The number of imide groups is 1. The van der Waals surface area contributed by atoms with Crippen molar-refractivity contribution < 1.29 is 19.1 Å². The van der Waals surface area contributed by atoms with Gasteiger partial charge in [0.05, 0.1) is 5.75 Å². The Bertz CT molecular complexity index is 778. The molecule has 1 heterocycles. The smallest absolute Gasteiger partial charge is 0.321 e. The number of esters is 1. The van der Waals surface area contributed by atoms with Crippen LogP contribution < -0.4 is 10.6 Å². The largest absolute Gasteiger partial charge is 0.455 e. The highest BCUT2D eigenvalue weighted by atomic mass is 32.2. The fraction of sp³-hybridized carbons (Fsp3) is 0.312. The molecule has 0 aliphatic carbocycles. The minimum absolute atomic E-state index is 0.0276. The van der Waals surface area contributed by atoms with Crippen LogP contribution >= 0.6 is 11.8 Å². The topological polar surface area (TPSA) is 115 Å². The number of nitrogens with zero attached hydrogens (tertiary/aromatic N) is 3. The molecule has 1 aromatic heterocycles. The van der Waals surface area contributed by atoms with Gasteiger partial charge < -0.3 is 14.6 Å². The summed E-state index contributed by atoms with van der Waals surface area (Å²) in [5.41, 5.74) is 0.933. The highest BCUT2D eigenvalue weighted by Gasteiger charge is 2.15. The minimum Gasteiger partial charge on any atom is -0.455 e. The molecule has 3 amide bonds. The van der Waals surface area contributed by atoms with Gasteiger partial charge in [0.15, 0.2) is 17.6 Å². The third-order valence-corrected chi connectivity index (χ3v) is 4.17. The third-order valence-electron chi connectivity index (χ3n) is 3.23. The number of carbonyl (C=O) groups is 3. The van der Waals surface area contributed by atoms with Gasteiger partial charge in [-0.1, -0.05) is 42.1 Å². The third kappa shape index (κ3) is 5.31. The van der Waals surface area contributed by atoms with E-state index in [-0.39, 0.29) is 5.75 Å². The predicted molar refractivity (Wildman–Crippen MR) is 95.4 cm³/mol. The van der Waals surface area contributed by atoms with Crippen LogP contribution in [0.3, 0.4) is 0 Å². The van der Waals surface area contributed by atoms with Crippen molar-refractivity contribution in [1.82, 2.24) is 25.4 Å². The van der Waals surface area contributed by atoms with Gasteiger partial charge in [0.2, 0.25) is 0 Å². The molecule has 10 heteroatoms. The maximum atomic E-state index is 11.8. The van der Waals surface area contributed by atoms with E-state index in [0.29, 0.717) is 17.5 Å². The second-order valence-corrected chi connectivity index (χ2v) is 5.94. The number of nitrogens with one attached hydrogen (secondary N) is 2. The summed E-state index contributed by atoms with van der Waals surface area (Å²) in [6.45, 7) is 2.08. The number of urea groups is 1. The number of ether oxygens (including phenoxy) is 1. The zero-order chi connectivity index (χ0) is 18.9. The Balaban J connectivity index is 1.89. The van der Waals surface area contributed by atoms with E-state index in [1.165, 1.54) is 18.8 Å². The maximum Gasteiger partial charge on any atom is 0.321 e. The van der Waals surface area contributed by atoms with Crippen molar-refractivity contribution in [2.75, 3.05) is 19.4 Å². The molecule has 9 nitrogen and oxygen atoms in total. The van der Waals surface area contributed by atoms with Gasteiger partial charge in [0.1, 0.15) is 0 Å². The van der Waals surface area contributed by atoms with Crippen LogP contribution in [0.15, 0.2) is 35.5 Å². The number of rotatable bonds is 7. The molecule has 2 N–H and O–H groups in total. The molecule has 0 spiro atoms. The van der Waals surface area contributed by atoms with Gasteiger partial charge in [0.25, 0.3) is 5.91 Å². The lowest BCUT2D eigenvalue weighted by atomic mass is 10.2. The number of hydrogen-bond donors (Lipinski definition) is 2. The van der Waals surface area contributed by atoms with Crippen LogP contribution in [-0.4, -0.2) is 52.1 Å². The summed E-state index contributed by atoms with van der Waals surface area (Å²) in [6, 6.07) is 8.96. The first-order chi connectivity index (χ1) is 12.5. The second kappa shape index (κ2) is 9.56. The predicted octanol–water partition coefficient (Wildman–Crippen LogP) is 1.06. The van der Waals surface area contributed by atoms with E-state index in [4.69, 9.17) is 4.74 Å². The molecule has 0 radical (unpaired) electrons. The number of benzene rings is 1. The molecule has 0 saturated carbocycles. The molecular weight excluding hydrogens is 358 g/mol. The van der Waals surface area contributed by atoms with Gasteiger partial charge >= 0.3 is 12.0 Å². The molecule has 0 atom stereocenters. The van der Waals surface area contributed by atoms with Crippen molar-refractivity contribution in [2.45, 2.75) is 18.6 Å². The average Bonchev–Trinajstić information content (AvgIpc) is 3.08. The van der Waals surface area contributed by atoms with Crippen LogP contribution in [0.1, 0.15) is 6.92 Å². The summed E-state index contributed by atoms with van der Waals surface area (Å²) < 4.78 is 6.72. The lowest BCUT2D eigenvalue weighted by molar-refractivity contribution is -0.145. The lowest BCUT2D eigenvalue weighted by Crippen LogP contribution is -2.39. The second-order valence-electron chi connectivity index (χ2n) is 4.99.